The minimum Gasteiger partial charge on any atom is -0.302 e. The molecule has 1 atom stereocenters. The number of hydrazine groups is 1. The van der Waals surface area contributed by atoms with Gasteiger partial charge < -0.3 is 4.90 Å². The van der Waals surface area contributed by atoms with Crippen molar-refractivity contribution in [3.63, 3.8) is 0 Å². The zero-order chi connectivity index (χ0) is 12.5. The van der Waals surface area contributed by atoms with Crippen LogP contribution in [-0.2, 0) is 7.05 Å². The lowest BCUT2D eigenvalue weighted by Crippen LogP contribution is -2.53. The molecule has 1 aromatic rings. The van der Waals surface area contributed by atoms with Crippen molar-refractivity contribution >= 4 is 0 Å². The van der Waals surface area contributed by atoms with Crippen LogP contribution in [0.15, 0.2) is 12.3 Å². The molecule has 2 rings (SSSR count). The molecule has 0 aromatic carbocycles. The van der Waals surface area contributed by atoms with E-state index >= 15 is 0 Å². The normalized spacial score (nSPS) is 21.0. The van der Waals surface area contributed by atoms with Crippen LogP contribution in [0, 0.1) is 0 Å². The number of aromatic nitrogens is 2. The summed E-state index contributed by atoms with van der Waals surface area (Å²) in [5, 5.41) is 4.50. The van der Waals surface area contributed by atoms with Crippen LogP contribution in [0.2, 0.25) is 0 Å². The van der Waals surface area contributed by atoms with Crippen molar-refractivity contribution in [1.82, 2.24) is 20.1 Å². The lowest BCUT2D eigenvalue weighted by atomic mass is 9.85. The van der Waals surface area contributed by atoms with Gasteiger partial charge in [0.1, 0.15) is 0 Å². The lowest BCUT2D eigenvalue weighted by Gasteiger charge is -2.42. The van der Waals surface area contributed by atoms with Gasteiger partial charge in [0.2, 0.25) is 0 Å². The maximum absolute atomic E-state index is 5.79. The number of hydrogen-bond donors (Lipinski definition) is 2. The summed E-state index contributed by atoms with van der Waals surface area (Å²) >= 11 is 0. The number of likely N-dealkylation sites (N-methyl/N-ethyl adjacent to an activating group) is 1. The number of nitrogens with zero attached hydrogens (tertiary/aromatic N) is 3. The zero-order valence-electron chi connectivity index (χ0n) is 11.0. The first-order valence-electron chi connectivity index (χ1n) is 6.23. The van der Waals surface area contributed by atoms with E-state index in [0.717, 1.165) is 5.69 Å². The second-order valence-electron chi connectivity index (χ2n) is 5.22. The fourth-order valence-electron chi connectivity index (χ4n) is 3.08. The van der Waals surface area contributed by atoms with Gasteiger partial charge in [-0.3, -0.25) is 10.5 Å². The molecule has 0 bridgehead atoms. The van der Waals surface area contributed by atoms with Crippen LogP contribution in [0.5, 0.6) is 0 Å². The molecule has 0 spiro atoms. The molecule has 3 N–H and O–H groups in total. The highest BCUT2D eigenvalue weighted by Gasteiger charge is 2.44. The Kier molecular flexibility index (Phi) is 3.51. The van der Waals surface area contributed by atoms with Gasteiger partial charge in [-0.15, -0.1) is 0 Å². The van der Waals surface area contributed by atoms with E-state index in [9.17, 15) is 0 Å². The summed E-state index contributed by atoms with van der Waals surface area (Å²) in [6, 6.07) is 2.15. The van der Waals surface area contributed by atoms with Crippen molar-refractivity contribution in [2.24, 2.45) is 12.9 Å². The maximum Gasteiger partial charge on any atom is 0.0833 e. The molecule has 5 nitrogen and oxygen atoms in total. The standard InChI is InChI=1S/C12H23N5/c1-16(2)12(7-4-5-8-12)11(14-13)10-6-9-17(3)15-10/h6,9,11,14H,4-5,7-8,13H2,1-3H3. The lowest BCUT2D eigenvalue weighted by molar-refractivity contribution is 0.102. The van der Waals surface area contributed by atoms with E-state index in [1.165, 1.54) is 25.7 Å². The Hall–Kier alpha value is -0.910. The van der Waals surface area contributed by atoms with Crippen molar-refractivity contribution in [1.29, 1.82) is 0 Å². The average Bonchev–Trinajstić information content (AvgIpc) is 2.90. The molecule has 5 heteroatoms. The predicted molar refractivity (Wildman–Crippen MR) is 68.2 cm³/mol. The van der Waals surface area contributed by atoms with E-state index in [4.69, 9.17) is 5.84 Å². The second kappa shape index (κ2) is 4.76. The minimum atomic E-state index is 0.0983. The molecule has 1 aliphatic rings. The number of hydrogen-bond acceptors (Lipinski definition) is 4. The summed E-state index contributed by atoms with van der Waals surface area (Å²) in [5.41, 5.74) is 4.11. The van der Waals surface area contributed by atoms with Gasteiger partial charge in [-0.05, 0) is 33.0 Å². The summed E-state index contributed by atoms with van der Waals surface area (Å²) < 4.78 is 1.83. The highest BCUT2D eigenvalue weighted by Crippen LogP contribution is 2.42. The van der Waals surface area contributed by atoms with Crippen LogP contribution in [0.4, 0.5) is 0 Å². The summed E-state index contributed by atoms with van der Waals surface area (Å²) in [7, 11) is 6.21. The molecule has 0 saturated heterocycles. The van der Waals surface area contributed by atoms with Crippen molar-refractivity contribution in [3.8, 4) is 0 Å². The van der Waals surface area contributed by atoms with Crippen LogP contribution in [0.1, 0.15) is 37.4 Å². The molecule has 1 saturated carbocycles. The van der Waals surface area contributed by atoms with E-state index in [1.54, 1.807) is 0 Å². The number of aryl methyl sites for hydroxylation is 1. The minimum absolute atomic E-state index is 0.0983. The van der Waals surface area contributed by atoms with Gasteiger partial charge in [-0.25, -0.2) is 5.43 Å². The first kappa shape index (κ1) is 12.5. The number of nitrogens with two attached hydrogens (primary N) is 1. The molecular formula is C12H23N5. The van der Waals surface area contributed by atoms with E-state index < -0.39 is 0 Å². The van der Waals surface area contributed by atoms with E-state index in [0.29, 0.717) is 0 Å². The van der Waals surface area contributed by atoms with Gasteiger partial charge in [0.15, 0.2) is 0 Å². The number of nitrogens with one attached hydrogen (secondary N) is 1. The first-order valence-corrected chi connectivity index (χ1v) is 6.23. The third kappa shape index (κ3) is 2.10. The maximum atomic E-state index is 5.79. The predicted octanol–water partition coefficient (Wildman–Crippen LogP) is 0.799. The van der Waals surface area contributed by atoms with Gasteiger partial charge in [0.05, 0.1) is 11.7 Å². The molecule has 96 valence electrons. The van der Waals surface area contributed by atoms with Crippen LogP contribution in [0.25, 0.3) is 0 Å². The molecule has 17 heavy (non-hydrogen) atoms. The Morgan fingerprint density at radius 2 is 2.12 bits per heavy atom. The Morgan fingerprint density at radius 1 is 1.47 bits per heavy atom. The highest BCUT2D eigenvalue weighted by molar-refractivity contribution is 5.15. The summed E-state index contributed by atoms with van der Waals surface area (Å²) in [6.45, 7) is 0. The van der Waals surface area contributed by atoms with Crippen LogP contribution >= 0.6 is 0 Å². The van der Waals surface area contributed by atoms with Crippen molar-refractivity contribution in [2.75, 3.05) is 14.1 Å². The Labute approximate surface area is 103 Å². The van der Waals surface area contributed by atoms with Crippen LogP contribution in [0.3, 0.4) is 0 Å². The quantitative estimate of drug-likeness (QED) is 0.601. The molecular weight excluding hydrogens is 214 g/mol. The van der Waals surface area contributed by atoms with Gasteiger partial charge in [-0.1, -0.05) is 12.8 Å². The topological polar surface area (TPSA) is 59.1 Å². The molecule has 1 aromatic heterocycles. The third-order valence-corrected chi connectivity index (χ3v) is 4.09. The van der Waals surface area contributed by atoms with Gasteiger partial charge in [0, 0.05) is 18.8 Å². The summed E-state index contributed by atoms with van der Waals surface area (Å²) in [5.74, 6) is 5.79. The van der Waals surface area contributed by atoms with Crippen molar-refractivity contribution < 1.29 is 0 Å². The fraction of sp³-hybridized carbons (Fsp3) is 0.750. The average molecular weight is 237 g/mol. The zero-order valence-corrected chi connectivity index (χ0v) is 11.0. The second-order valence-corrected chi connectivity index (χ2v) is 5.22. The number of rotatable bonds is 4. The molecule has 1 heterocycles. The molecule has 0 amide bonds. The van der Waals surface area contributed by atoms with Crippen molar-refractivity contribution in [3.05, 3.63) is 18.0 Å². The fourth-order valence-corrected chi connectivity index (χ4v) is 3.08. The van der Waals surface area contributed by atoms with Gasteiger partial charge in [0.25, 0.3) is 0 Å². The Bertz CT molecular complexity index is 365. The third-order valence-electron chi connectivity index (χ3n) is 4.09. The molecule has 0 aliphatic heterocycles. The van der Waals surface area contributed by atoms with E-state index in [-0.39, 0.29) is 11.6 Å². The Morgan fingerprint density at radius 3 is 2.53 bits per heavy atom. The highest BCUT2D eigenvalue weighted by atomic mass is 15.3. The van der Waals surface area contributed by atoms with Gasteiger partial charge >= 0.3 is 0 Å². The largest absolute Gasteiger partial charge is 0.302 e. The van der Waals surface area contributed by atoms with E-state index in [1.807, 2.05) is 24.0 Å². The first-order chi connectivity index (χ1) is 8.10. The van der Waals surface area contributed by atoms with Crippen molar-refractivity contribution in [2.45, 2.75) is 37.3 Å². The monoisotopic (exact) mass is 237 g/mol. The molecule has 1 fully saturated rings. The SMILES string of the molecule is CN(C)C1(C(NN)c2ccn(C)n2)CCCC1. The van der Waals surface area contributed by atoms with Crippen LogP contribution in [-0.4, -0.2) is 34.3 Å². The molecule has 1 aliphatic carbocycles. The van der Waals surface area contributed by atoms with Crippen LogP contribution < -0.4 is 11.3 Å². The Balaban J connectivity index is 2.33. The van der Waals surface area contributed by atoms with Gasteiger partial charge in [-0.2, -0.15) is 5.10 Å². The summed E-state index contributed by atoms with van der Waals surface area (Å²) in [6.07, 6.45) is 6.85. The van der Waals surface area contributed by atoms with E-state index in [2.05, 4.69) is 29.5 Å². The molecule has 0 radical (unpaired) electrons. The smallest absolute Gasteiger partial charge is 0.0833 e. The summed E-state index contributed by atoms with van der Waals surface area (Å²) in [4.78, 5) is 2.30. The molecule has 1 unspecified atom stereocenters.